The zero-order valence-electron chi connectivity index (χ0n) is 36.7. The molecule has 0 saturated carbocycles. The number of aromatic nitrogens is 2. The summed E-state index contributed by atoms with van der Waals surface area (Å²) in [5, 5.41) is 29.6. The van der Waals surface area contributed by atoms with E-state index in [0.717, 1.165) is 23.3 Å². The summed E-state index contributed by atoms with van der Waals surface area (Å²) in [4.78, 5) is 78.1. The van der Waals surface area contributed by atoms with Gasteiger partial charge in [-0.2, -0.15) is 0 Å². The average molecular weight is 880 g/mol. The Morgan fingerprint density at radius 2 is 1.64 bits per heavy atom. The lowest BCUT2D eigenvalue weighted by molar-refractivity contribution is -0.142. The van der Waals surface area contributed by atoms with Gasteiger partial charge in [-0.05, 0) is 111 Å². The van der Waals surface area contributed by atoms with Gasteiger partial charge in [0.2, 0.25) is 17.7 Å². The quantitative estimate of drug-likeness (QED) is 0.0846. The maximum Gasteiger partial charge on any atom is 0.326 e. The van der Waals surface area contributed by atoms with Gasteiger partial charge in [-0.1, -0.05) is 32.0 Å². The van der Waals surface area contributed by atoms with Gasteiger partial charge in [0.1, 0.15) is 35.3 Å². The lowest BCUT2D eigenvalue weighted by Gasteiger charge is -2.30. The zero-order chi connectivity index (χ0) is 46.5. The Kier molecular flexibility index (Phi) is 14.4. The number of nitrogen functional groups attached to an aromatic ring is 1. The first kappa shape index (κ1) is 46.7. The SMILES string of the molecule is Cc1nc(-c2ccc3c(c2)CCC3(C)C)nc(N)c1C(=O)NCC(=O)N(C)[C@@H]1C(=O)N[C@@H](C)C(=O)N[C@H](C(=O)O)Cc2ccc(OCCCN)c(c2)-c2cc1cc(OCCCN)c2O. The van der Waals surface area contributed by atoms with Crippen LogP contribution in [-0.2, 0) is 37.4 Å². The fraction of sp³-hybridized carbons (Fsp3) is 0.413. The van der Waals surface area contributed by atoms with Crippen molar-refractivity contribution >= 4 is 35.4 Å². The lowest BCUT2D eigenvalue weighted by Crippen LogP contribution is -2.53. The smallest absolute Gasteiger partial charge is 0.326 e. The number of phenols is 1. The molecule has 0 saturated heterocycles. The van der Waals surface area contributed by atoms with Crippen molar-refractivity contribution in [2.75, 3.05) is 45.6 Å². The van der Waals surface area contributed by atoms with Gasteiger partial charge in [-0.25, -0.2) is 14.8 Å². The number of nitrogens with zero attached hydrogens (tertiary/aromatic N) is 3. The van der Waals surface area contributed by atoms with Crippen molar-refractivity contribution in [2.45, 2.75) is 83.3 Å². The minimum atomic E-state index is -1.51. The van der Waals surface area contributed by atoms with Crippen molar-refractivity contribution in [3.8, 4) is 39.8 Å². The minimum absolute atomic E-state index is 0.0223. The van der Waals surface area contributed by atoms with E-state index in [1.807, 2.05) is 12.1 Å². The number of fused-ring (bicyclic) bond motifs is 6. The Bertz CT molecular complexity index is 2430. The zero-order valence-corrected chi connectivity index (χ0v) is 36.7. The number of rotatable bonds is 14. The molecule has 3 aromatic carbocycles. The topological polar surface area (TPSA) is 287 Å². The second-order valence-electron chi connectivity index (χ2n) is 16.8. The molecule has 0 radical (unpaired) electrons. The van der Waals surface area contributed by atoms with Gasteiger partial charge < -0.3 is 57.7 Å². The number of aryl methyl sites for hydroxylation is 2. The first-order valence-electron chi connectivity index (χ1n) is 21.2. The number of anilines is 1. The number of benzene rings is 3. The van der Waals surface area contributed by atoms with Crippen LogP contribution < -0.4 is 42.6 Å². The molecule has 4 aromatic rings. The molecule has 4 bridgehead atoms. The molecule has 11 N–H and O–H groups in total. The number of nitrogens with one attached hydrogen (secondary N) is 3. The molecule has 2 heterocycles. The van der Waals surface area contributed by atoms with E-state index in [1.165, 1.54) is 37.2 Å². The first-order chi connectivity index (χ1) is 30.4. The number of phenolic OH excluding ortho intramolecular Hbond substituents is 1. The molecule has 18 heteroatoms. The molecule has 1 aliphatic carbocycles. The number of hydrogen-bond donors (Lipinski definition) is 8. The maximum atomic E-state index is 14.4. The normalized spacial score (nSPS) is 17.9. The number of carbonyl (C=O) groups excluding carboxylic acids is 4. The molecule has 0 spiro atoms. The second kappa shape index (κ2) is 19.7. The summed E-state index contributed by atoms with van der Waals surface area (Å²) in [6.07, 6.45) is 2.71. The van der Waals surface area contributed by atoms with Gasteiger partial charge in [-0.15, -0.1) is 0 Å². The third-order valence-corrected chi connectivity index (χ3v) is 11.7. The van der Waals surface area contributed by atoms with Crippen LogP contribution in [0.4, 0.5) is 5.82 Å². The molecule has 1 aliphatic heterocycles. The van der Waals surface area contributed by atoms with Crippen LogP contribution in [0.5, 0.6) is 17.2 Å². The van der Waals surface area contributed by atoms with E-state index in [4.69, 9.17) is 26.7 Å². The third-order valence-electron chi connectivity index (χ3n) is 11.7. The molecule has 64 heavy (non-hydrogen) atoms. The van der Waals surface area contributed by atoms with Crippen LogP contribution >= 0.6 is 0 Å². The highest BCUT2D eigenvalue weighted by atomic mass is 16.5. The molecule has 3 atom stereocenters. The van der Waals surface area contributed by atoms with E-state index < -0.39 is 54.3 Å². The predicted molar refractivity (Wildman–Crippen MR) is 239 cm³/mol. The van der Waals surface area contributed by atoms with Crippen LogP contribution in [0, 0.1) is 6.92 Å². The number of nitrogens with two attached hydrogens (primary N) is 3. The van der Waals surface area contributed by atoms with Gasteiger partial charge >= 0.3 is 5.97 Å². The summed E-state index contributed by atoms with van der Waals surface area (Å²) in [7, 11) is 1.34. The number of carboxylic acid groups (broad SMARTS) is 1. The molecule has 1 aromatic heterocycles. The number of hydrogen-bond acceptors (Lipinski definition) is 13. The molecule has 0 fully saturated rings. The fourth-order valence-electron chi connectivity index (χ4n) is 8.01. The van der Waals surface area contributed by atoms with E-state index >= 15 is 0 Å². The van der Waals surface area contributed by atoms with Gasteiger partial charge in [-0.3, -0.25) is 19.2 Å². The standard InChI is InChI=1S/C46H57N9O9/c1-24-37(40(49)54-41(51-24)28-9-10-32-27(20-28)12-13-46(32,3)4)43(59)50-23-36(56)55(5)38-29-21-31(39(57)35(22-29)64-17-7-15-48)30-18-26(8-11-34(30)63-16-6-14-47)19-33(45(61)62)53-42(58)25(2)52-44(38)60/h8-11,18,20-22,25,33,38,57H,6-7,12-17,19,23,47-48H2,1-5H3,(H,50,59)(H,52,60)(H,53,58)(H,61,62)(H2,49,51,54)/t25-,33-,38-/m0/s1. The van der Waals surface area contributed by atoms with Crippen LogP contribution in [0.25, 0.3) is 22.5 Å². The highest BCUT2D eigenvalue weighted by Crippen LogP contribution is 2.45. The van der Waals surface area contributed by atoms with Crippen molar-refractivity contribution < 1.29 is 43.7 Å². The summed E-state index contributed by atoms with van der Waals surface area (Å²) in [6, 6.07) is 9.65. The molecule has 4 amide bonds. The Balaban J connectivity index is 1.35. The minimum Gasteiger partial charge on any atom is -0.504 e. The Morgan fingerprint density at radius 3 is 2.31 bits per heavy atom. The highest BCUT2D eigenvalue weighted by molar-refractivity contribution is 6.02. The summed E-state index contributed by atoms with van der Waals surface area (Å²) in [6.45, 7) is 7.71. The number of aromatic hydroxyl groups is 1. The van der Waals surface area contributed by atoms with Crippen molar-refractivity contribution in [3.63, 3.8) is 0 Å². The van der Waals surface area contributed by atoms with Crippen LogP contribution in [0.15, 0.2) is 48.5 Å². The molecule has 6 rings (SSSR count). The number of ether oxygens (including phenoxy) is 2. The van der Waals surface area contributed by atoms with Crippen molar-refractivity contribution in [1.29, 1.82) is 0 Å². The molecule has 2 aliphatic rings. The Morgan fingerprint density at radius 1 is 0.938 bits per heavy atom. The van der Waals surface area contributed by atoms with Crippen molar-refractivity contribution in [1.82, 2.24) is 30.8 Å². The van der Waals surface area contributed by atoms with Crippen molar-refractivity contribution in [3.05, 3.63) is 82.0 Å². The number of aliphatic carboxylic acids is 1. The van der Waals surface area contributed by atoms with E-state index in [-0.39, 0.29) is 65.6 Å². The van der Waals surface area contributed by atoms with Gasteiger partial charge in [0.05, 0.1) is 25.5 Å². The van der Waals surface area contributed by atoms with Gasteiger partial charge in [0.25, 0.3) is 5.91 Å². The van der Waals surface area contributed by atoms with E-state index in [1.54, 1.807) is 25.1 Å². The maximum absolute atomic E-state index is 14.4. The largest absolute Gasteiger partial charge is 0.504 e. The van der Waals surface area contributed by atoms with E-state index in [2.05, 4.69) is 45.8 Å². The van der Waals surface area contributed by atoms with E-state index in [0.29, 0.717) is 47.8 Å². The molecule has 340 valence electrons. The summed E-state index contributed by atoms with van der Waals surface area (Å²) in [5.41, 5.74) is 22.5. The van der Waals surface area contributed by atoms with Crippen LogP contribution in [-0.4, -0.2) is 107 Å². The van der Waals surface area contributed by atoms with Crippen LogP contribution in [0.3, 0.4) is 0 Å². The van der Waals surface area contributed by atoms with Crippen LogP contribution in [0.1, 0.15) is 84.4 Å². The predicted octanol–water partition coefficient (Wildman–Crippen LogP) is 2.65. The first-order valence-corrected chi connectivity index (χ1v) is 21.2. The number of likely N-dealkylation sites (N-methyl/N-ethyl adjacent to an activating group) is 1. The van der Waals surface area contributed by atoms with Gasteiger partial charge in [0.15, 0.2) is 17.3 Å². The number of carboxylic acids is 1. The number of carbonyl (C=O) groups is 5. The highest BCUT2D eigenvalue weighted by Gasteiger charge is 2.35. The van der Waals surface area contributed by atoms with E-state index in [9.17, 15) is 34.2 Å². The average Bonchev–Trinajstić information content (AvgIpc) is 3.56. The molecule has 0 unspecified atom stereocenters. The third kappa shape index (κ3) is 10.2. The van der Waals surface area contributed by atoms with Gasteiger partial charge in [0, 0.05) is 30.2 Å². The number of amides is 4. The summed E-state index contributed by atoms with van der Waals surface area (Å²) < 4.78 is 12.1. The Hall–Kier alpha value is -6.79. The molecule has 18 nitrogen and oxygen atoms in total. The molecular formula is C46H57N9O9. The summed E-state index contributed by atoms with van der Waals surface area (Å²) in [5.74, 6) is -4.22. The lowest BCUT2D eigenvalue weighted by atomic mass is 9.86. The second-order valence-corrected chi connectivity index (χ2v) is 16.8. The summed E-state index contributed by atoms with van der Waals surface area (Å²) >= 11 is 0. The Labute approximate surface area is 371 Å². The fourth-order valence-corrected chi connectivity index (χ4v) is 8.01. The van der Waals surface area contributed by atoms with Crippen molar-refractivity contribution in [2.24, 2.45) is 11.5 Å². The van der Waals surface area contributed by atoms with Crippen LogP contribution in [0.2, 0.25) is 0 Å². The molecular weight excluding hydrogens is 823 g/mol. The monoisotopic (exact) mass is 879 g/mol.